The van der Waals surface area contributed by atoms with Gasteiger partial charge in [-0.15, -0.1) is 11.3 Å². The number of benzene rings is 2. The summed E-state index contributed by atoms with van der Waals surface area (Å²) in [5, 5.41) is 1.86. The number of sulfonamides is 2. The number of hydrogen-bond acceptors (Lipinski definition) is 7. The van der Waals surface area contributed by atoms with Crippen LogP contribution in [0.1, 0.15) is 10.4 Å². The molecule has 0 spiro atoms. The Morgan fingerprint density at radius 3 is 2.07 bits per heavy atom. The molecule has 3 aromatic rings. The molecule has 1 aliphatic rings. The Bertz CT molecular complexity index is 1240. The van der Waals surface area contributed by atoms with Gasteiger partial charge in [-0.1, -0.05) is 12.1 Å². The van der Waals surface area contributed by atoms with Crippen molar-refractivity contribution in [1.82, 2.24) is 9.44 Å². The van der Waals surface area contributed by atoms with Gasteiger partial charge in [-0.05, 0) is 53.4 Å². The summed E-state index contributed by atoms with van der Waals surface area (Å²) >= 11 is 1.45. The zero-order valence-corrected chi connectivity index (χ0v) is 18.0. The maximum Gasteiger partial charge on any atom is 0.240 e. The van der Waals surface area contributed by atoms with Crippen LogP contribution in [0, 0.1) is 0 Å². The Morgan fingerprint density at radius 1 is 0.800 bits per heavy atom. The summed E-state index contributed by atoms with van der Waals surface area (Å²) in [5.74, 6) is 1.18. The third kappa shape index (κ3) is 4.65. The van der Waals surface area contributed by atoms with Crippen molar-refractivity contribution < 1.29 is 26.3 Å². The second-order valence-corrected chi connectivity index (χ2v) is 11.0. The number of ether oxygens (including phenoxy) is 2. The first-order chi connectivity index (χ1) is 14.3. The Morgan fingerprint density at radius 2 is 1.43 bits per heavy atom. The molecule has 0 saturated heterocycles. The molecule has 0 radical (unpaired) electrons. The second-order valence-electron chi connectivity index (χ2n) is 6.39. The van der Waals surface area contributed by atoms with E-state index in [2.05, 4.69) is 9.44 Å². The Labute approximate surface area is 178 Å². The van der Waals surface area contributed by atoms with Gasteiger partial charge in [-0.25, -0.2) is 26.3 Å². The predicted octanol–water partition coefficient (Wildman–Crippen LogP) is 2.43. The highest BCUT2D eigenvalue weighted by atomic mass is 32.2. The molecule has 2 N–H and O–H groups in total. The van der Waals surface area contributed by atoms with Crippen molar-refractivity contribution in [2.45, 2.75) is 22.9 Å². The van der Waals surface area contributed by atoms with Gasteiger partial charge in [0.1, 0.15) is 0 Å². The minimum absolute atomic E-state index is 0.00576. The van der Waals surface area contributed by atoms with E-state index in [1.807, 2.05) is 17.5 Å². The van der Waals surface area contributed by atoms with Crippen molar-refractivity contribution in [3.05, 3.63) is 70.4 Å². The van der Waals surface area contributed by atoms with Crippen LogP contribution in [0.2, 0.25) is 0 Å². The van der Waals surface area contributed by atoms with Gasteiger partial charge in [-0.3, -0.25) is 0 Å². The molecule has 2 heterocycles. The SMILES string of the molecule is O=S(=O)(NCc1ccc2c(c1)OCO2)c1ccc(S(=O)(=O)NCc2cccs2)cc1. The normalized spacial score (nSPS) is 13.5. The van der Waals surface area contributed by atoms with Gasteiger partial charge < -0.3 is 9.47 Å². The first-order valence-corrected chi connectivity index (χ1v) is 12.7. The van der Waals surface area contributed by atoms with Crippen LogP contribution < -0.4 is 18.9 Å². The first-order valence-electron chi connectivity index (χ1n) is 8.84. The summed E-state index contributed by atoms with van der Waals surface area (Å²) in [7, 11) is -7.56. The van der Waals surface area contributed by atoms with E-state index in [0.29, 0.717) is 17.1 Å². The van der Waals surface area contributed by atoms with E-state index >= 15 is 0 Å². The molecule has 11 heteroatoms. The van der Waals surface area contributed by atoms with Crippen molar-refractivity contribution in [2.24, 2.45) is 0 Å². The largest absolute Gasteiger partial charge is 0.454 e. The predicted molar refractivity (Wildman–Crippen MR) is 111 cm³/mol. The Hall–Kier alpha value is -2.44. The molecule has 1 aromatic heterocycles. The molecule has 0 aliphatic carbocycles. The number of hydrogen-bond donors (Lipinski definition) is 2. The third-order valence-electron chi connectivity index (χ3n) is 4.36. The number of fused-ring (bicyclic) bond motifs is 1. The fraction of sp³-hybridized carbons (Fsp3) is 0.158. The lowest BCUT2D eigenvalue weighted by molar-refractivity contribution is 0.174. The van der Waals surface area contributed by atoms with Crippen LogP contribution in [0.25, 0.3) is 0 Å². The molecular weight excluding hydrogens is 448 g/mol. The van der Waals surface area contributed by atoms with Crippen LogP contribution in [0.5, 0.6) is 11.5 Å². The fourth-order valence-corrected chi connectivity index (χ4v) is 5.53. The molecule has 0 bridgehead atoms. The van der Waals surface area contributed by atoms with Crippen LogP contribution in [0.3, 0.4) is 0 Å². The molecule has 158 valence electrons. The zero-order chi connectivity index (χ0) is 21.2. The quantitative estimate of drug-likeness (QED) is 0.528. The molecule has 0 atom stereocenters. The van der Waals surface area contributed by atoms with E-state index < -0.39 is 20.0 Å². The molecule has 0 saturated carbocycles. The summed E-state index contributed by atoms with van der Waals surface area (Å²) in [5.41, 5.74) is 0.708. The van der Waals surface area contributed by atoms with E-state index in [-0.39, 0.29) is 29.7 Å². The smallest absolute Gasteiger partial charge is 0.240 e. The highest BCUT2D eigenvalue weighted by Crippen LogP contribution is 2.32. The molecule has 0 fully saturated rings. The summed E-state index contributed by atoms with van der Waals surface area (Å²) in [6.45, 7) is 0.375. The number of thiophene rings is 1. The van der Waals surface area contributed by atoms with Gasteiger partial charge in [0.15, 0.2) is 11.5 Å². The van der Waals surface area contributed by atoms with E-state index in [9.17, 15) is 16.8 Å². The minimum Gasteiger partial charge on any atom is -0.454 e. The lowest BCUT2D eigenvalue weighted by Gasteiger charge is -2.09. The van der Waals surface area contributed by atoms with Crippen LogP contribution >= 0.6 is 11.3 Å². The summed E-state index contributed by atoms with van der Waals surface area (Å²) in [6, 6.07) is 13.9. The van der Waals surface area contributed by atoms with Crippen molar-refractivity contribution in [1.29, 1.82) is 0 Å². The van der Waals surface area contributed by atoms with Crippen LogP contribution in [-0.4, -0.2) is 23.6 Å². The van der Waals surface area contributed by atoms with Crippen LogP contribution in [0.4, 0.5) is 0 Å². The van der Waals surface area contributed by atoms with Crippen LogP contribution in [0.15, 0.2) is 69.8 Å². The van der Waals surface area contributed by atoms with Crippen molar-refractivity contribution in [2.75, 3.05) is 6.79 Å². The van der Waals surface area contributed by atoms with Gasteiger partial charge in [0.2, 0.25) is 26.8 Å². The highest BCUT2D eigenvalue weighted by Gasteiger charge is 2.19. The van der Waals surface area contributed by atoms with E-state index in [4.69, 9.17) is 9.47 Å². The second kappa shape index (κ2) is 8.36. The molecule has 30 heavy (non-hydrogen) atoms. The average molecular weight is 467 g/mol. The van der Waals surface area contributed by atoms with Crippen LogP contribution in [-0.2, 0) is 33.1 Å². The number of rotatable bonds is 8. The molecule has 1 aliphatic heterocycles. The number of nitrogens with one attached hydrogen (secondary N) is 2. The van der Waals surface area contributed by atoms with Gasteiger partial charge in [0.25, 0.3) is 0 Å². The summed E-state index contributed by atoms with van der Waals surface area (Å²) in [6.07, 6.45) is 0. The van der Waals surface area contributed by atoms with Gasteiger partial charge in [-0.2, -0.15) is 0 Å². The third-order valence-corrected chi connectivity index (χ3v) is 8.07. The standard InChI is InChI=1S/C19H18N2O6S3/c22-29(23,20-11-14-3-8-18-19(10-14)27-13-26-18)16-4-6-17(7-5-16)30(24,25)21-12-15-2-1-9-28-15/h1-10,20-21H,11-13H2. The first kappa shape index (κ1) is 20.8. The molecular formula is C19H18N2O6S3. The molecule has 8 nitrogen and oxygen atoms in total. The van der Waals surface area contributed by atoms with E-state index in [1.54, 1.807) is 18.2 Å². The van der Waals surface area contributed by atoms with Gasteiger partial charge in [0, 0.05) is 18.0 Å². The monoisotopic (exact) mass is 466 g/mol. The fourth-order valence-electron chi connectivity index (χ4n) is 2.77. The van der Waals surface area contributed by atoms with Crippen molar-refractivity contribution >= 4 is 31.4 Å². The van der Waals surface area contributed by atoms with Gasteiger partial charge >= 0.3 is 0 Å². The lowest BCUT2D eigenvalue weighted by Crippen LogP contribution is -2.24. The molecule has 4 rings (SSSR count). The van der Waals surface area contributed by atoms with E-state index in [1.165, 1.54) is 35.6 Å². The van der Waals surface area contributed by atoms with Gasteiger partial charge in [0.05, 0.1) is 9.79 Å². The Balaban J connectivity index is 1.42. The maximum absolute atomic E-state index is 12.6. The molecule has 0 unspecified atom stereocenters. The lowest BCUT2D eigenvalue weighted by atomic mass is 10.2. The van der Waals surface area contributed by atoms with Crippen molar-refractivity contribution in [3.63, 3.8) is 0 Å². The maximum atomic E-state index is 12.6. The van der Waals surface area contributed by atoms with E-state index in [0.717, 1.165) is 4.88 Å². The molecule has 2 aromatic carbocycles. The topological polar surface area (TPSA) is 111 Å². The highest BCUT2D eigenvalue weighted by molar-refractivity contribution is 7.90. The molecule has 0 amide bonds. The van der Waals surface area contributed by atoms with Crippen molar-refractivity contribution in [3.8, 4) is 11.5 Å². The summed E-state index contributed by atoms with van der Waals surface area (Å²) < 4.78 is 65.4. The zero-order valence-electron chi connectivity index (χ0n) is 15.6. The minimum atomic E-state index is -3.82. The Kier molecular flexibility index (Phi) is 5.80. The average Bonchev–Trinajstić information content (AvgIpc) is 3.42. The summed E-state index contributed by atoms with van der Waals surface area (Å²) in [4.78, 5) is 0.847.